The predicted molar refractivity (Wildman–Crippen MR) is 71.2 cm³/mol. The van der Waals surface area contributed by atoms with E-state index in [1.165, 1.54) is 0 Å². The molecule has 1 aliphatic heterocycles. The molecule has 1 N–H and O–H groups in total. The lowest BCUT2D eigenvalue weighted by Crippen LogP contribution is -2.47. The highest BCUT2D eigenvalue weighted by Gasteiger charge is 2.47. The van der Waals surface area contributed by atoms with E-state index in [0.29, 0.717) is 0 Å². The summed E-state index contributed by atoms with van der Waals surface area (Å²) in [5.74, 6) is 0.972. The number of anilines is 2. The molecule has 3 rings (SSSR count). The van der Waals surface area contributed by atoms with Gasteiger partial charge in [0.05, 0.1) is 18.2 Å². The minimum Gasteiger partial charge on any atom is -0.495 e. The van der Waals surface area contributed by atoms with Crippen molar-refractivity contribution in [3.8, 4) is 5.75 Å². The minimum atomic E-state index is -0.196. The van der Waals surface area contributed by atoms with Gasteiger partial charge >= 0.3 is 0 Å². The molecule has 18 heavy (non-hydrogen) atoms. The fraction of sp³-hybridized carbons (Fsp3) is 0.500. The molecule has 1 fully saturated rings. The van der Waals surface area contributed by atoms with Crippen molar-refractivity contribution in [1.82, 2.24) is 0 Å². The molecule has 2 aliphatic rings. The molecule has 1 aromatic rings. The number of benzene rings is 1. The third-order valence-electron chi connectivity index (χ3n) is 4.18. The SMILES string of the molecule is COc1cccc2c1N(C)CC1(CCC1)C(=O)N2. The van der Waals surface area contributed by atoms with Crippen molar-refractivity contribution in [2.45, 2.75) is 19.3 Å². The summed E-state index contributed by atoms with van der Waals surface area (Å²) in [6, 6.07) is 5.77. The molecule has 0 aromatic heterocycles. The van der Waals surface area contributed by atoms with E-state index in [-0.39, 0.29) is 11.3 Å². The molecule has 1 aromatic carbocycles. The van der Waals surface area contributed by atoms with Crippen LogP contribution in [-0.2, 0) is 4.79 Å². The average Bonchev–Trinajstić information content (AvgIpc) is 2.43. The van der Waals surface area contributed by atoms with Crippen LogP contribution in [0.25, 0.3) is 0 Å². The average molecular weight is 246 g/mol. The number of para-hydroxylation sites is 1. The summed E-state index contributed by atoms with van der Waals surface area (Å²) >= 11 is 0. The van der Waals surface area contributed by atoms with Crippen molar-refractivity contribution in [2.24, 2.45) is 5.41 Å². The molecule has 1 saturated carbocycles. The van der Waals surface area contributed by atoms with Crippen LogP contribution in [0, 0.1) is 5.41 Å². The van der Waals surface area contributed by atoms with E-state index in [1.807, 2.05) is 25.2 Å². The van der Waals surface area contributed by atoms with E-state index in [9.17, 15) is 4.79 Å². The Labute approximate surface area is 107 Å². The summed E-state index contributed by atoms with van der Waals surface area (Å²) in [6.07, 6.45) is 3.12. The second-order valence-electron chi connectivity index (χ2n) is 5.30. The molecular formula is C14H18N2O2. The normalized spacial score (nSPS) is 20.8. The molecule has 0 radical (unpaired) electrons. The summed E-state index contributed by atoms with van der Waals surface area (Å²) in [7, 11) is 3.69. The highest BCUT2D eigenvalue weighted by molar-refractivity contribution is 6.01. The number of nitrogens with one attached hydrogen (secondary N) is 1. The van der Waals surface area contributed by atoms with Crippen LogP contribution in [0.4, 0.5) is 11.4 Å². The van der Waals surface area contributed by atoms with Gasteiger partial charge in [-0.25, -0.2) is 0 Å². The van der Waals surface area contributed by atoms with Gasteiger partial charge in [0.1, 0.15) is 11.4 Å². The third-order valence-corrected chi connectivity index (χ3v) is 4.18. The lowest BCUT2D eigenvalue weighted by molar-refractivity contribution is -0.129. The highest BCUT2D eigenvalue weighted by Crippen LogP contribution is 2.47. The van der Waals surface area contributed by atoms with Gasteiger partial charge in [0.2, 0.25) is 5.91 Å². The summed E-state index contributed by atoms with van der Waals surface area (Å²) in [5.41, 5.74) is 1.64. The first-order chi connectivity index (χ1) is 8.66. The van der Waals surface area contributed by atoms with Crippen LogP contribution in [0.2, 0.25) is 0 Å². The highest BCUT2D eigenvalue weighted by atomic mass is 16.5. The number of carbonyl (C=O) groups is 1. The molecule has 96 valence electrons. The lowest BCUT2D eigenvalue weighted by Gasteiger charge is -2.41. The Kier molecular flexibility index (Phi) is 2.47. The van der Waals surface area contributed by atoms with Crippen molar-refractivity contribution in [2.75, 3.05) is 30.9 Å². The molecule has 1 amide bonds. The van der Waals surface area contributed by atoms with E-state index < -0.39 is 0 Å². The molecular weight excluding hydrogens is 228 g/mol. The molecule has 0 bridgehead atoms. The molecule has 4 heteroatoms. The Hall–Kier alpha value is -1.71. The maximum atomic E-state index is 12.3. The monoisotopic (exact) mass is 246 g/mol. The Morgan fingerprint density at radius 2 is 2.17 bits per heavy atom. The standard InChI is InChI=1S/C14H18N2O2/c1-16-9-14(7-4-8-14)13(17)15-10-5-3-6-11(18-2)12(10)16/h3,5-6H,4,7-9H2,1-2H3,(H,15,17). The van der Waals surface area contributed by atoms with Crippen LogP contribution in [0.1, 0.15) is 19.3 Å². The number of ether oxygens (including phenoxy) is 1. The summed E-state index contributed by atoms with van der Waals surface area (Å²) < 4.78 is 5.40. The van der Waals surface area contributed by atoms with Gasteiger partial charge in [-0.3, -0.25) is 4.79 Å². The largest absolute Gasteiger partial charge is 0.495 e. The van der Waals surface area contributed by atoms with Crippen LogP contribution in [-0.4, -0.2) is 26.6 Å². The summed E-state index contributed by atoms with van der Waals surface area (Å²) in [4.78, 5) is 14.5. The maximum absolute atomic E-state index is 12.3. The quantitative estimate of drug-likeness (QED) is 0.826. The molecule has 4 nitrogen and oxygen atoms in total. The van der Waals surface area contributed by atoms with Crippen LogP contribution >= 0.6 is 0 Å². The van der Waals surface area contributed by atoms with Crippen LogP contribution in [0.15, 0.2) is 18.2 Å². The maximum Gasteiger partial charge on any atom is 0.232 e. The number of methoxy groups -OCH3 is 1. The molecule has 1 spiro atoms. The van der Waals surface area contributed by atoms with E-state index in [4.69, 9.17) is 4.74 Å². The first-order valence-corrected chi connectivity index (χ1v) is 6.36. The molecule has 0 atom stereocenters. The number of carbonyl (C=O) groups excluding carboxylic acids is 1. The van der Waals surface area contributed by atoms with Crippen molar-refractivity contribution in [1.29, 1.82) is 0 Å². The zero-order valence-electron chi connectivity index (χ0n) is 10.8. The van der Waals surface area contributed by atoms with Gasteiger partial charge in [-0.2, -0.15) is 0 Å². The van der Waals surface area contributed by atoms with Gasteiger partial charge in [0, 0.05) is 13.6 Å². The second kappa shape index (κ2) is 3.90. The van der Waals surface area contributed by atoms with Gasteiger partial charge < -0.3 is 15.0 Å². The van der Waals surface area contributed by atoms with Gasteiger partial charge in [-0.05, 0) is 25.0 Å². The number of nitrogens with zero attached hydrogens (tertiary/aromatic N) is 1. The fourth-order valence-corrected chi connectivity index (χ4v) is 3.03. The zero-order valence-corrected chi connectivity index (χ0v) is 10.8. The van der Waals surface area contributed by atoms with Gasteiger partial charge in [-0.15, -0.1) is 0 Å². The Morgan fingerprint density at radius 3 is 2.78 bits per heavy atom. The number of rotatable bonds is 1. The van der Waals surface area contributed by atoms with Crippen LogP contribution in [0.5, 0.6) is 5.75 Å². The van der Waals surface area contributed by atoms with Gasteiger partial charge in [0.15, 0.2) is 0 Å². The number of amides is 1. The topological polar surface area (TPSA) is 41.6 Å². The Bertz CT molecular complexity index is 495. The third kappa shape index (κ3) is 1.48. The van der Waals surface area contributed by atoms with Crippen molar-refractivity contribution < 1.29 is 9.53 Å². The summed E-state index contributed by atoms with van der Waals surface area (Å²) in [5, 5.41) is 3.06. The number of hydrogen-bond donors (Lipinski definition) is 1. The van der Waals surface area contributed by atoms with E-state index in [2.05, 4.69) is 10.2 Å². The first kappa shape index (κ1) is 11.4. The first-order valence-electron chi connectivity index (χ1n) is 6.36. The van der Waals surface area contributed by atoms with Crippen molar-refractivity contribution >= 4 is 17.3 Å². The second-order valence-corrected chi connectivity index (χ2v) is 5.30. The minimum absolute atomic E-state index is 0.160. The predicted octanol–water partition coefficient (Wildman–Crippen LogP) is 2.25. The molecule has 0 saturated heterocycles. The Balaban J connectivity index is 2.06. The van der Waals surface area contributed by atoms with Crippen molar-refractivity contribution in [3.63, 3.8) is 0 Å². The molecule has 1 aliphatic carbocycles. The van der Waals surface area contributed by atoms with E-state index >= 15 is 0 Å². The molecule has 1 heterocycles. The van der Waals surface area contributed by atoms with Crippen molar-refractivity contribution in [3.05, 3.63) is 18.2 Å². The van der Waals surface area contributed by atoms with E-state index in [0.717, 1.165) is 42.9 Å². The van der Waals surface area contributed by atoms with Gasteiger partial charge in [-0.1, -0.05) is 12.5 Å². The summed E-state index contributed by atoms with van der Waals surface area (Å²) in [6.45, 7) is 0.770. The molecule has 0 unspecified atom stereocenters. The lowest BCUT2D eigenvalue weighted by atomic mass is 9.68. The fourth-order valence-electron chi connectivity index (χ4n) is 3.03. The van der Waals surface area contributed by atoms with Crippen LogP contribution < -0.4 is 15.0 Å². The zero-order chi connectivity index (χ0) is 12.8. The van der Waals surface area contributed by atoms with E-state index in [1.54, 1.807) is 7.11 Å². The van der Waals surface area contributed by atoms with Gasteiger partial charge in [0.25, 0.3) is 0 Å². The van der Waals surface area contributed by atoms with Crippen LogP contribution in [0.3, 0.4) is 0 Å². The smallest absolute Gasteiger partial charge is 0.232 e. The number of hydrogen-bond acceptors (Lipinski definition) is 3. The number of fused-ring (bicyclic) bond motifs is 1. The Morgan fingerprint density at radius 1 is 1.39 bits per heavy atom.